The standard InChI is InChI=1S/C12H17NO3/c14-9-10-1-2-11(12(15)7-10)8-13-3-5-16-6-4-13/h1-2,7,14-15H,3-6,8-9H2. The highest BCUT2D eigenvalue weighted by Crippen LogP contribution is 2.21. The third-order valence-corrected chi connectivity index (χ3v) is 2.83. The van der Waals surface area contributed by atoms with Crippen LogP contribution in [-0.2, 0) is 17.9 Å². The Morgan fingerprint density at radius 2 is 2.00 bits per heavy atom. The van der Waals surface area contributed by atoms with Gasteiger partial charge in [0, 0.05) is 25.2 Å². The smallest absolute Gasteiger partial charge is 0.120 e. The molecule has 0 bridgehead atoms. The third kappa shape index (κ3) is 2.72. The summed E-state index contributed by atoms with van der Waals surface area (Å²) in [4.78, 5) is 2.25. The summed E-state index contributed by atoms with van der Waals surface area (Å²) >= 11 is 0. The lowest BCUT2D eigenvalue weighted by molar-refractivity contribution is 0.0339. The number of hydrogen-bond acceptors (Lipinski definition) is 4. The van der Waals surface area contributed by atoms with Gasteiger partial charge >= 0.3 is 0 Å². The molecular weight excluding hydrogens is 206 g/mol. The van der Waals surface area contributed by atoms with Crippen molar-refractivity contribution in [2.75, 3.05) is 26.3 Å². The van der Waals surface area contributed by atoms with Gasteiger partial charge < -0.3 is 14.9 Å². The van der Waals surface area contributed by atoms with Crippen molar-refractivity contribution in [1.29, 1.82) is 0 Å². The van der Waals surface area contributed by atoms with E-state index in [-0.39, 0.29) is 12.4 Å². The van der Waals surface area contributed by atoms with Crippen LogP contribution in [0.25, 0.3) is 0 Å². The van der Waals surface area contributed by atoms with Crippen molar-refractivity contribution < 1.29 is 14.9 Å². The Balaban J connectivity index is 2.03. The zero-order valence-electron chi connectivity index (χ0n) is 9.22. The monoisotopic (exact) mass is 223 g/mol. The molecule has 0 saturated carbocycles. The molecule has 4 nitrogen and oxygen atoms in total. The number of aliphatic hydroxyl groups excluding tert-OH is 1. The number of phenols is 1. The van der Waals surface area contributed by atoms with Gasteiger partial charge in [-0.15, -0.1) is 0 Å². The van der Waals surface area contributed by atoms with E-state index in [4.69, 9.17) is 9.84 Å². The van der Waals surface area contributed by atoms with Crippen molar-refractivity contribution in [3.8, 4) is 5.75 Å². The lowest BCUT2D eigenvalue weighted by Gasteiger charge is -2.26. The summed E-state index contributed by atoms with van der Waals surface area (Å²) in [5.74, 6) is 0.262. The molecule has 1 saturated heterocycles. The van der Waals surface area contributed by atoms with Gasteiger partial charge in [-0.3, -0.25) is 4.90 Å². The molecule has 0 aromatic heterocycles. The lowest BCUT2D eigenvalue weighted by atomic mass is 10.1. The van der Waals surface area contributed by atoms with Crippen LogP contribution in [0.2, 0.25) is 0 Å². The summed E-state index contributed by atoms with van der Waals surface area (Å²) in [6.07, 6.45) is 0. The molecule has 2 N–H and O–H groups in total. The van der Waals surface area contributed by atoms with Gasteiger partial charge in [0.25, 0.3) is 0 Å². The van der Waals surface area contributed by atoms with E-state index in [9.17, 15) is 5.11 Å². The molecule has 2 rings (SSSR count). The van der Waals surface area contributed by atoms with Crippen LogP contribution in [0.15, 0.2) is 18.2 Å². The van der Waals surface area contributed by atoms with Gasteiger partial charge in [0.1, 0.15) is 5.75 Å². The number of nitrogens with zero attached hydrogens (tertiary/aromatic N) is 1. The quantitative estimate of drug-likeness (QED) is 0.792. The number of phenolic OH excluding ortho intramolecular Hbond substituents is 1. The first kappa shape index (κ1) is 11.4. The normalized spacial score (nSPS) is 17.6. The Bertz CT molecular complexity index is 348. The van der Waals surface area contributed by atoms with Crippen LogP contribution < -0.4 is 0 Å². The van der Waals surface area contributed by atoms with Gasteiger partial charge in [0.15, 0.2) is 0 Å². The minimum atomic E-state index is -0.0363. The number of aliphatic hydroxyl groups is 1. The van der Waals surface area contributed by atoms with Gasteiger partial charge in [-0.2, -0.15) is 0 Å². The fraction of sp³-hybridized carbons (Fsp3) is 0.500. The second-order valence-electron chi connectivity index (χ2n) is 4.01. The maximum absolute atomic E-state index is 9.78. The van der Waals surface area contributed by atoms with Gasteiger partial charge in [0.2, 0.25) is 0 Å². The van der Waals surface area contributed by atoms with Crippen molar-refractivity contribution in [2.24, 2.45) is 0 Å². The summed E-state index contributed by atoms with van der Waals surface area (Å²) in [5, 5.41) is 18.7. The van der Waals surface area contributed by atoms with Crippen LogP contribution in [0.4, 0.5) is 0 Å². The van der Waals surface area contributed by atoms with Crippen molar-refractivity contribution in [3.05, 3.63) is 29.3 Å². The largest absolute Gasteiger partial charge is 0.508 e. The second kappa shape index (κ2) is 5.30. The van der Waals surface area contributed by atoms with Crippen LogP contribution in [0.1, 0.15) is 11.1 Å². The molecule has 1 heterocycles. The Kier molecular flexibility index (Phi) is 3.77. The van der Waals surface area contributed by atoms with E-state index < -0.39 is 0 Å². The van der Waals surface area contributed by atoms with E-state index in [1.807, 2.05) is 12.1 Å². The van der Waals surface area contributed by atoms with Gasteiger partial charge in [-0.25, -0.2) is 0 Å². The van der Waals surface area contributed by atoms with E-state index >= 15 is 0 Å². The first-order valence-electron chi connectivity index (χ1n) is 5.51. The Morgan fingerprint density at radius 3 is 2.62 bits per heavy atom. The summed E-state index contributed by atoms with van der Waals surface area (Å²) in [5.41, 5.74) is 1.64. The van der Waals surface area contributed by atoms with E-state index in [1.165, 1.54) is 0 Å². The average molecular weight is 223 g/mol. The van der Waals surface area contributed by atoms with Crippen LogP contribution in [0.3, 0.4) is 0 Å². The van der Waals surface area contributed by atoms with Crippen LogP contribution in [0, 0.1) is 0 Å². The van der Waals surface area contributed by atoms with Crippen molar-refractivity contribution in [1.82, 2.24) is 4.90 Å². The molecule has 4 heteroatoms. The van der Waals surface area contributed by atoms with Crippen LogP contribution in [0.5, 0.6) is 5.75 Å². The number of ether oxygens (including phenoxy) is 1. The van der Waals surface area contributed by atoms with E-state index in [1.54, 1.807) is 6.07 Å². The number of benzene rings is 1. The number of hydrogen-bond donors (Lipinski definition) is 2. The first-order chi connectivity index (χ1) is 7.79. The third-order valence-electron chi connectivity index (χ3n) is 2.83. The minimum Gasteiger partial charge on any atom is -0.508 e. The Hall–Kier alpha value is -1.10. The van der Waals surface area contributed by atoms with Gasteiger partial charge in [0.05, 0.1) is 19.8 Å². The van der Waals surface area contributed by atoms with E-state index in [2.05, 4.69) is 4.90 Å². The number of rotatable bonds is 3. The molecule has 0 atom stereocenters. The zero-order chi connectivity index (χ0) is 11.4. The molecule has 16 heavy (non-hydrogen) atoms. The first-order valence-corrected chi connectivity index (χ1v) is 5.51. The van der Waals surface area contributed by atoms with Gasteiger partial charge in [-0.1, -0.05) is 12.1 Å². The number of aromatic hydroxyl groups is 1. The predicted molar refractivity (Wildman–Crippen MR) is 60.1 cm³/mol. The average Bonchev–Trinajstić information content (AvgIpc) is 2.33. The molecule has 1 fully saturated rings. The molecule has 0 spiro atoms. The summed E-state index contributed by atoms with van der Waals surface area (Å²) in [6, 6.07) is 5.33. The highest BCUT2D eigenvalue weighted by molar-refractivity contribution is 5.36. The molecule has 0 amide bonds. The molecule has 1 aliphatic rings. The van der Waals surface area contributed by atoms with Crippen molar-refractivity contribution in [2.45, 2.75) is 13.2 Å². The fourth-order valence-corrected chi connectivity index (χ4v) is 1.84. The maximum atomic E-state index is 9.78. The number of morpholine rings is 1. The van der Waals surface area contributed by atoms with Crippen molar-refractivity contribution >= 4 is 0 Å². The Labute approximate surface area is 95.1 Å². The highest BCUT2D eigenvalue weighted by atomic mass is 16.5. The Morgan fingerprint density at radius 1 is 1.25 bits per heavy atom. The molecule has 1 aromatic rings. The predicted octanol–water partition coefficient (Wildman–Crippen LogP) is 0.717. The van der Waals surface area contributed by atoms with Crippen LogP contribution in [-0.4, -0.2) is 41.4 Å². The second-order valence-corrected chi connectivity index (χ2v) is 4.01. The van der Waals surface area contributed by atoms with Crippen molar-refractivity contribution in [3.63, 3.8) is 0 Å². The molecule has 0 aliphatic carbocycles. The summed E-state index contributed by atoms with van der Waals surface area (Å²) < 4.78 is 5.27. The molecule has 0 unspecified atom stereocenters. The minimum absolute atomic E-state index is 0.0363. The zero-order valence-corrected chi connectivity index (χ0v) is 9.22. The molecule has 1 aliphatic heterocycles. The fourth-order valence-electron chi connectivity index (χ4n) is 1.84. The highest BCUT2D eigenvalue weighted by Gasteiger charge is 2.12. The van der Waals surface area contributed by atoms with E-state index in [0.717, 1.165) is 44.0 Å². The molecule has 0 radical (unpaired) electrons. The molecule has 88 valence electrons. The lowest BCUT2D eigenvalue weighted by Crippen LogP contribution is -2.35. The van der Waals surface area contributed by atoms with E-state index in [0.29, 0.717) is 0 Å². The molecule has 1 aromatic carbocycles. The molecular formula is C12H17NO3. The van der Waals surface area contributed by atoms with Gasteiger partial charge in [-0.05, 0) is 11.6 Å². The summed E-state index contributed by atoms with van der Waals surface area (Å²) in [7, 11) is 0. The SMILES string of the molecule is OCc1ccc(CN2CCOCC2)c(O)c1. The van der Waals surface area contributed by atoms with Crippen LogP contribution >= 0.6 is 0 Å². The summed E-state index contributed by atoms with van der Waals surface area (Å²) in [6.45, 7) is 4.03. The maximum Gasteiger partial charge on any atom is 0.120 e. The topological polar surface area (TPSA) is 52.9 Å².